The van der Waals surface area contributed by atoms with Crippen LogP contribution in [0.3, 0.4) is 0 Å². The van der Waals surface area contributed by atoms with Crippen LogP contribution in [0.2, 0.25) is 0 Å². The van der Waals surface area contributed by atoms with Crippen molar-refractivity contribution >= 4 is 5.57 Å². The molecule has 234 valence electrons. The van der Waals surface area contributed by atoms with Crippen LogP contribution in [-0.2, 0) is 13.5 Å². The number of nitrogens with zero attached hydrogens (tertiary/aromatic N) is 2. The lowest BCUT2D eigenvalue weighted by Gasteiger charge is -2.23. The zero-order valence-corrected chi connectivity index (χ0v) is 28.4. The number of aromatic nitrogens is 2. The molecule has 1 aromatic heterocycles. The molecule has 7 rings (SSSR count). The van der Waals surface area contributed by atoms with E-state index in [0.717, 1.165) is 12.8 Å². The molecule has 3 aliphatic carbocycles. The lowest BCUT2D eigenvalue weighted by Crippen LogP contribution is -2.29. The number of rotatable bonds is 7. The van der Waals surface area contributed by atoms with Gasteiger partial charge >= 0.3 is 0 Å². The van der Waals surface area contributed by atoms with E-state index < -0.39 is 0 Å². The molecule has 3 aromatic carbocycles. The summed E-state index contributed by atoms with van der Waals surface area (Å²) in [5, 5.41) is 0. The first kappa shape index (κ1) is 31.3. The quantitative estimate of drug-likeness (QED) is 0.187. The molecule has 0 radical (unpaired) electrons. The molecule has 0 bridgehead atoms. The predicted octanol–water partition coefficient (Wildman–Crippen LogP) is 11.7. The van der Waals surface area contributed by atoms with Crippen molar-refractivity contribution in [1.29, 1.82) is 0 Å². The van der Waals surface area contributed by atoms with Gasteiger partial charge in [0.2, 0.25) is 0 Å². The molecule has 0 N–H and O–H groups in total. The van der Waals surface area contributed by atoms with E-state index in [0.29, 0.717) is 11.8 Å². The summed E-state index contributed by atoms with van der Waals surface area (Å²) in [7, 11) is 2.22. The Bertz CT molecular complexity index is 1630. The summed E-state index contributed by atoms with van der Waals surface area (Å²) < 4.78 is 4.92. The van der Waals surface area contributed by atoms with Crippen LogP contribution in [0.25, 0.3) is 33.8 Å². The fourth-order valence-electron chi connectivity index (χ4n) is 8.05. The molecule has 2 heteroatoms. The summed E-state index contributed by atoms with van der Waals surface area (Å²) in [6.07, 6.45) is 23.2. The van der Waals surface area contributed by atoms with Crippen LogP contribution in [0.4, 0.5) is 0 Å². The van der Waals surface area contributed by atoms with Crippen molar-refractivity contribution in [3.63, 3.8) is 0 Å². The molecule has 0 aliphatic heterocycles. The Labute approximate surface area is 272 Å². The van der Waals surface area contributed by atoms with E-state index in [9.17, 15) is 0 Å². The van der Waals surface area contributed by atoms with E-state index in [1.165, 1.54) is 108 Å². The Hall–Kier alpha value is -3.65. The van der Waals surface area contributed by atoms with Gasteiger partial charge in [-0.1, -0.05) is 107 Å². The number of hydrogen-bond acceptors (Lipinski definition) is 0. The number of benzene rings is 3. The molecule has 0 amide bonds. The third-order valence-corrected chi connectivity index (χ3v) is 10.2. The van der Waals surface area contributed by atoms with Crippen molar-refractivity contribution in [2.24, 2.45) is 7.05 Å². The van der Waals surface area contributed by atoms with Crippen LogP contribution >= 0.6 is 0 Å². The molecule has 45 heavy (non-hydrogen) atoms. The minimum absolute atomic E-state index is 0.626. The number of imidazole rings is 1. The van der Waals surface area contributed by atoms with Crippen LogP contribution in [0.15, 0.2) is 90.8 Å². The van der Waals surface area contributed by atoms with Gasteiger partial charge in [0.15, 0.2) is 0 Å². The molecule has 2 fully saturated rings. The van der Waals surface area contributed by atoms with Crippen molar-refractivity contribution in [3.05, 3.63) is 113 Å². The molecule has 1 heterocycles. The Morgan fingerprint density at radius 1 is 0.778 bits per heavy atom. The molecule has 0 atom stereocenters. The van der Waals surface area contributed by atoms with Gasteiger partial charge in [0.1, 0.15) is 18.1 Å². The Kier molecular flexibility index (Phi) is 9.88. The highest BCUT2D eigenvalue weighted by Gasteiger charge is 2.33. The maximum absolute atomic E-state index is 2.57. The molecule has 2 nitrogen and oxygen atoms in total. The molecule has 4 aromatic rings. The summed E-state index contributed by atoms with van der Waals surface area (Å²) in [4.78, 5) is 0. The zero-order valence-electron chi connectivity index (χ0n) is 28.4. The van der Waals surface area contributed by atoms with Gasteiger partial charge < -0.3 is 0 Å². The highest BCUT2D eigenvalue weighted by molar-refractivity contribution is 5.84. The van der Waals surface area contributed by atoms with E-state index in [4.69, 9.17) is 0 Å². The molecular formula is C43H53N2+. The van der Waals surface area contributed by atoms with Gasteiger partial charge in [-0.25, -0.2) is 4.57 Å². The average molecular weight is 598 g/mol. The second-order valence-corrected chi connectivity index (χ2v) is 13.7. The SMILES string of the molecule is CC/C=C\C1=C(C)Cc2ccc(-c3n(-c4c(C5CCCC5)cc(-c5ccccc5)cc4C4CCCC4)cc[n+]3C)cc21.CCC. The van der Waals surface area contributed by atoms with E-state index in [2.05, 4.69) is 129 Å². The van der Waals surface area contributed by atoms with Crippen molar-refractivity contribution in [2.75, 3.05) is 0 Å². The first-order valence-electron chi connectivity index (χ1n) is 17.8. The van der Waals surface area contributed by atoms with Gasteiger partial charge in [-0.2, -0.15) is 4.57 Å². The van der Waals surface area contributed by atoms with Gasteiger partial charge in [-0.05, 0) is 109 Å². The van der Waals surface area contributed by atoms with E-state index in [-0.39, 0.29) is 0 Å². The van der Waals surface area contributed by atoms with Gasteiger partial charge in [0.25, 0.3) is 5.82 Å². The van der Waals surface area contributed by atoms with Gasteiger partial charge in [0.05, 0.1) is 12.6 Å². The minimum atomic E-state index is 0.626. The van der Waals surface area contributed by atoms with Gasteiger partial charge in [-0.3, -0.25) is 0 Å². The fraction of sp³-hybridized carbons (Fsp3) is 0.419. The second-order valence-electron chi connectivity index (χ2n) is 13.7. The van der Waals surface area contributed by atoms with E-state index in [1.807, 2.05) is 0 Å². The van der Waals surface area contributed by atoms with Crippen molar-refractivity contribution < 1.29 is 4.57 Å². The lowest BCUT2D eigenvalue weighted by atomic mass is 9.84. The molecule has 2 saturated carbocycles. The Morgan fingerprint density at radius 3 is 2.00 bits per heavy atom. The molecule has 0 spiro atoms. The van der Waals surface area contributed by atoms with Crippen LogP contribution in [0.1, 0.15) is 126 Å². The summed E-state index contributed by atoms with van der Waals surface area (Å²) in [6.45, 7) is 8.77. The monoisotopic (exact) mass is 597 g/mol. The standard InChI is InChI=1S/C40H45N2.C3H8/c1-4-5-19-35-28(2)24-32-20-21-33(25-36(32)35)40-41(3)22-23-42(40)39-37(30-15-9-10-16-30)26-34(29-13-7-6-8-14-29)27-38(39)31-17-11-12-18-31;1-3-2/h5-8,13-14,19-23,25-27,30-31H,4,9-12,15-18,24H2,1-3H3;3H2,1-2H3/q+1;/b19-5-;. The van der Waals surface area contributed by atoms with Crippen LogP contribution in [-0.4, -0.2) is 4.57 Å². The number of hydrogen-bond donors (Lipinski definition) is 0. The summed E-state index contributed by atoms with van der Waals surface area (Å²) in [5.74, 6) is 2.54. The summed E-state index contributed by atoms with van der Waals surface area (Å²) in [6, 6.07) is 23.4. The lowest BCUT2D eigenvalue weighted by molar-refractivity contribution is -0.659. The van der Waals surface area contributed by atoms with E-state index >= 15 is 0 Å². The number of fused-ring (bicyclic) bond motifs is 1. The first-order valence-corrected chi connectivity index (χ1v) is 17.8. The molecule has 0 saturated heterocycles. The number of aryl methyl sites for hydroxylation is 1. The number of allylic oxidation sites excluding steroid dienone is 4. The predicted molar refractivity (Wildman–Crippen MR) is 192 cm³/mol. The zero-order chi connectivity index (χ0) is 31.3. The Balaban J connectivity index is 0.00000115. The third kappa shape index (κ3) is 6.39. The highest BCUT2D eigenvalue weighted by atomic mass is 15.1. The van der Waals surface area contributed by atoms with Crippen molar-refractivity contribution in [2.45, 2.75) is 110 Å². The minimum Gasteiger partial charge on any atom is -0.232 e. The van der Waals surface area contributed by atoms with Gasteiger partial charge in [0, 0.05) is 11.1 Å². The van der Waals surface area contributed by atoms with Crippen LogP contribution in [0.5, 0.6) is 0 Å². The summed E-state index contributed by atoms with van der Waals surface area (Å²) >= 11 is 0. The average Bonchev–Trinajstić information content (AvgIpc) is 3.88. The van der Waals surface area contributed by atoms with Crippen LogP contribution in [0, 0.1) is 0 Å². The van der Waals surface area contributed by atoms with Crippen LogP contribution < -0.4 is 4.57 Å². The largest absolute Gasteiger partial charge is 0.293 e. The van der Waals surface area contributed by atoms with Crippen molar-refractivity contribution in [3.8, 4) is 28.2 Å². The second kappa shape index (κ2) is 14.2. The fourth-order valence-corrected chi connectivity index (χ4v) is 8.05. The summed E-state index contributed by atoms with van der Waals surface area (Å²) in [5.41, 5.74) is 14.4. The Morgan fingerprint density at radius 2 is 1.40 bits per heavy atom. The molecule has 0 unspecified atom stereocenters. The van der Waals surface area contributed by atoms with E-state index in [1.54, 1.807) is 11.1 Å². The smallest absolute Gasteiger partial charge is 0.232 e. The maximum Gasteiger partial charge on any atom is 0.293 e. The molecular weight excluding hydrogens is 544 g/mol. The third-order valence-electron chi connectivity index (χ3n) is 10.2. The van der Waals surface area contributed by atoms with Crippen molar-refractivity contribution in [1.82, 2.24) is 4.57 Å². The first-order chi connectivity index (χ1) is 22.0. The maximum atomic E-state index is 2.57. The highest BCUT2D eigenvalue weighted by Crippen LogP contribution is 2.46. The molecule has 3 aliphatic rings. The topological polar surface area (TPSA) is 8.81 Å². The van der Waals surface area contributed by atoms with Gasteiger partial charge in [-0.15, -0.1) is 0 Å². The normalized spacial score (nSPS) is 16.9.